The Morgan fingerprint density at radius 3 is 3.06 bits per heavy atom. The quantitative estimate of drug-likeness (QED) is 0.850. The normalized spacial score (nSPS) is 10.4. The first kappa shape index (κ1) is 10.7. The number of nitrogens with zero attached hydrogens (tertiary/aromatic N) is 1. The molecule has 0 saturated heterocycles. The summed E-state index contributed by atoms with van der Waals surface area (Å²) in [5.41, 5.74) is 7.23. The van der Waals surface area contributed by atoms with Gasteiger partial charge in [-0.3, -0.25) is 0 Å². The fraction of sp³-hybridized carbons (Fsp3) is 0.250. The minimum atomic E-state index is 0.573. The lowest BCUT2D eigenvalue weighted by Gasteiger charge is -2.00. The zero-order valence-corrected chi connectivity index (χ0v) is 9.14. The van der Waals surface area contributed by atoms with Gasteiger partial charge in [-0.1, -0.05) is 6.07 Å². The Hall–Kier alpha value is -1.81. The van der Waals surface area contributed by atoms with Crippen LogP contribution in [0.25, 0.3) is 11.5 Å². The predicted octanol–water partition coefficient (Wildman–Crippen LogP) is 1.85. The smallest absolute Gasteiger partial charge is 0.226 e. The van der Waals surface area contributed by atoms with Gasteiger partial charge in [0.2, 0.25) is 5.89 Å². The highest BCUT2D eigenvalue weighted by atomic mass is 16.5. The molecule has 4 nitrogen and oxygen atoms in total. The number of ether oxygens (including phenoxy) is 1. The number of benzene rings is 1. The van der Waals surface area contributed by atoms with Crippen LogP contribution >= 0.6 is 0 Å². The Bertz CT molecular complexity index is 466. The first-order valence-electron chi connectivity index (χ1n) is 5.12. The van der Waals surface area contributed by atoms with Crippen molar-refractivity contribution in [2.75, 3.05) is 13.7 Å². The molecule has 0 saturated carbocycles. The minimum Gasteiger partial charge on any atom is -0.497 e. The summed E-state index contributed by atoms with van der Waals surface area (Å²) in [6, 6.07) is 7.60. The van der Waals surface area contributed by atoms with E-state index in [1.807, 2.05) is 24.3 Å². The van der Waals surface area contributed by atoms with E-state index < -0.39 is 0 Å². The zero-order chi connectivity index (χ0) is 11.4. The van der Waals surface area contributed by atoms with E-state index in [4.69, 9.17) is 14.9 Å². The molecule has 0 aliphatic heterocycles. The van der Waals surface area contributed by atoms with Crippen LogP contribution in [0, 0.1) is 0 Å². The van der Waals surface area contributed by atoms with E-state index in [1.54, 1.807) is 13.4 Å². The number of oxazole rings is 1. The van der Waals surface area contributed by atoms with E-state index in [0.717, 1.165) is 23.4 Å². The maximum Gasteiger partial charge on any atom is 0.226 e. The van der Waals surface area contributed by atoms with Crippen molar-refractivity contribution in [3.05, 3.63) is 36.2 Å². The summed E-state index contributed by atoms with van der Waals surface area (Å²) in [5.74, 6) is 1.39. The lowest BCUT2D eigenvalue weighted by atomic mass is 10.2. The molecule has 2 N–H and O–H groups in total. The van der Waals surface area contributed by atoms with Crippen molar-refractivity contribution in [3.63, 3.8) is 0 Å². The fourth-order valence-electron chi connectivity index (χ4n) is 1.46. The van der Waals surface area contributed by atoms with Crippen LogP contribution in [-0.4, -0.2) is 18.6 Å². The molecule has 2 aromatic rings. The van der Waals surface area contributed by atoms with Gasteiger partial charge >= 0.3 is 0 Å². The van der Waals surface area contributed by atoms with Gasteiger partial charge in [-0.15, -0.1) is 0 Å². The van der Waals surface area contributed by atoms with Crippen molar-refractivity contribution in [2.45, 2.75) is 6.42 Å². The van der Waals surface area contributed by atoms with Gasteiger partial charge < -0.3 is 14.9 Å². The monoisotopic (exact) mass is 218 g/mol. The molecule has 0 atom stereocenters. The Kier molecular flexibility index (Phi) is 3.22. The Balaban J connectivity index is 2.27. The molecule has 0 amide bonds. The number of aromatic nitrogens is 1. The second-order valence-corrected chi connectivity index (χ2v) is 3.41. The van der Waals surface area contributed by atoms with E-state index in [1.165, 1.54) is 0 Å². The lowest BCUT2D eigenvalue weighted by molar-refractivity contribution is 0.414. The summed E-state index contributed by atoms with van der Waals surface area (Å²) in [6.07, 6.45) is 2.37. The van der Waals surface area contributed by atoms with Gasteiger partial charge in [0.25, 0.3) is 0 Å². The fourth-order valence-corrected chi connectivity index (χ4v) is 1.46. The summed E-state index contributed by atoms with van der Waals surface area (Å²) in [5, 5.41) is 0. The van der Waals surface area contributed by atoms with Crippen LogP contribution < -0.4 is 10.5 Å². The molecule has 0 fully saturated rings. The summed E-state index contributed by atoms with van der Waals surface area (Å²) >= 11 is 0. The van der Waals surface area contributed by atoms with Crippen LogP contribution in [0.4, 0.5) is 0 Å². The van der Waals surface area contributed by atoms with Crippen molar-refractivity contribution < 1.29 is 9.15 Å². The molecule has 4 heteroatoms. The number of rotatable bonds is 4. The van der Waals surface area contributed by atoms with Gasteiger partial charge in [-0.2, -0.15) is 0 Å². The Morgan fingerprint density at radius 1 is 1.44 bits per heavy atom. The van der Waals surface area contributed by atoms with E-state index in [0.29, 0.717) is 12.4 Å². The number of methoxy groups -OCH3 is 1. The maximum atomic E-state index is 5.45. The highest BCUT2D eigenvalue weighted by Gasteiger charge is 2.06. The third-order valence-corrected chi connectivity index (χ3v) is 2.27. The van der Waals surface area contributed by atoms with Gasteiger partial charge in [-0.25, -0.2) is 4.98 Å². The lowest BCUT2D eigenvalue weighted by Crippen LogP contribution is -2.02. The van der Waals surface area contributed by atoms with Gasteiger partial charge in [-0.05, 0) is 24.7 Å². The van der Waals surface area contributed by atoms with Crippen molar-refractivity contribution >= 4 is 0 Å². The number of hydrogen-bond acceptors (Lipinski definition) is 4. The van der Waals surface area contributed by atoms with Crippen LogP contribution in [0.3, 0.4) is 0 Å². The predicted molar refractivity (Wildman–Crippen MR) is 61.2 cm³/mol. The molecule has 1 aromatic carbocycles. The minimum absolute atomic E-state index is 0.573. The molecule has 16 heavy (non-hydrogen) atoms. The molecule has 0 radical (unpaired) electrons. The zero-order valence-electron chi connectivity index (χ0n) is 9.14. The Labute approximate surface area is 94.1 Å². The van der Waals surface area contributed by atoms with Crippen LogP contribution in [0.1, 0.15) is 5.69 Å². The number of nitrogens with two attached hydrogens (primary N) is 1. The molecule has 1 aromatic heterocycles. The molecule has 0 bridgehead atoms. The second kappa shape index (κ2) is 4.81. The molecular formula is C12H14N2O2. The van der Waals surface area contributed by atoms with Crippen LogP contribution in [-0.2, 0) is 6.42 Å². The average Bonchev–Trinajstić information content (AvgIpc) is 2.78. The van der Waals surface area contributed by atoms with Crippen molar-refractivity contribution in [3.8, 4) is 17.2 Å². The van der Waals surface area contributed by atoms with E-state index >= 15 is 0 Å². The maximum absolute atomic E-state index is 5.45. The van der Waals surface area contributed by atoms with Gasteiger partial charge in [0.15, 0.2) is 0 Å². The van der Waals surface area contributed by atoms with Crippen molar-refractivity contribution in [1.29, 1.82) is 0 Å². The van der Waals surface area contributed by atoms with Crippen LogP contribution in [0.15, 0.2) is 34.9 Å². The van der Waals surface area contributed by atoms with Gasteiger partial charge in [0.05, 0.1) is 12.8 Å². The molecule has 2 rings (SSSR count). The third kappa shape index (κ3) is 2.23. The Morgan fingerprint density at radius 2 is 2.31 bits per heavy atom. The highest BCUT2D eigenvalue weighted by molar-refractivity contribution is 5.55. The van der Waals surface area contributed by atoms with Crippen LogP contribution in [0.2, 0.25) is 0 Å². The van der Waals surface area contributed by atoms with Crippen molar-refractivity contribution in [1.82, 2.24) is 4.98 Å². The average molecular weight is 218 g/mol. The van der Waals surface area contributed by atoms with Crippen molar-refractivity contribution in [2.24, 2.45) is 5.73 Å². The standard InChI is InChI=1S/C12H14N2O2/c1-15-11-4-2-3-9(7-11)12-14-10(5-6-13)8-16-12/h2-4,7-8H,5-6,13H2,1H3. The molecule has 0 aliphatic carbocycles. The SMILES string of the molecule is COc1cccc(-c2nc(CCN)co2)c1. The van der Waals surface area contributed by atoms with Gasteiger partial charge in [0.1, 0.15) is 12.0 Å². The number of hydrogen-bond donors (Lipinski definition) is 1. The highest BCUT2D eigenvalue weighted by Crippen LogP contribution is 2.23. The molecular weight excluding hydrogens is 204 g/mol. The van der Waals surface area contributed by atoms with E-state index in [9.17, 15) is 0 Å². The summed E-state index contributed by atoms with van der Waals surface area (Å²) in [7, 11) is 1.63. The first-order chi connectivity index (χ1) is 7.83. The van der Waals surface area contributed by atoms with E-state index in [2.05, 4.69) is 4.98 Å². The molecule has 0 aliphatic rings. The first-order valence-corrected chi connectivity index (χ1v) is 5.12. The topological polar surface area (TPSA) is 61.3 Å². The molecule has 0 unspecified atom stereocenters. The largest absolute Gasteiger partial charge is 0.497 e. The van der Waals surface area contributed by atoms with Gasteiger partial charge in [0, 0.05) is 12.0 Å². The van der Waals surface area contributed by atoms with Crippen LogP contribution in [0.5, 0.6) is 5.75 Å². The van der Waals surface area contributed by atoms with E-state index in [-0.39, 0.29) is 0 Å². The summed E-state index contributed by atoms with van der Waals surface area (Å²) < 4.78 is 10.5. The summed E-state index contributed by atoms with van der Waals surface area (Å²) in [4.78, 5) is 4.34. The second-order valence-electron chi connectivity index (χ2n) is 3.41. The molecule has 0 spiro atoms. The third-order valence-electron chi connectivity index (χ3n) is 2.27. The molecule has 1 heterocycles. The summed E-state index contributed by atoms with van der Waals surface area (Å²) in [6.45, 7) is 0.573. The molecule has 84 valence electrons.